The predicted molar refractivity (Wildman–Crippen MR) is 64.6 cm³/mol. The van der Waals surface area contributed by atoms with Crippen LogP contribution in [0.25, 0.3) is 0 Å². The first-order valence-corrected chi connectivity index (χ1v) is 5.65. The van der Waals surface area contributed by atoms with E-state index in [0.717, 1.165) is 10.6 Å². The van der Waals surface area contributed by atoms with Crippen LogP contribution >= 0.6 is 11.6 Å². The van der Waals surface area contributed by atoms with Crippen molar-refractivity contribution in [2.75, 3.05) is 0 Å². The first-order valence-electron chi connectivity index (χ1n) is 5.27. The molecule has 0 fully saturated rings. The molecule has 0 radical (unpaired) electrons. The quantitative estimate of drug-likeness (QED) is 0.805. The SMILES string of the molecule is CC(CCC(=O)O)NCc1cccc(Cl)c1. The summed E-state index contributed by atoms with van der Waals surface area (Å²) in [5.41, 5.74) is 1.11. The van der Waals surface area contributed by atoms with Crippen molar-refractivity contribution in [3.63, 3.8) is 0 Å². The van der Waals surface area contributed by atoms with Crippen LogP contribution in [-0.2, 0) is 11.3 Å². The van der Waals surface area contributed by atoms with Crippen LogP contribution in [0.1, 0.15) is 25.3 Å². The zero-order chi connectivity index (χ0) is 12.0. The van der Waals surface area contributed by atoms with Crippen molar-refractivity contribution >= 4 is 17.6 Å². The summed E-state index contributed by atoms with van der Waals surface area (Å²) < 4.78 is 0. The van der Waals surface area contributed by atoms with Gasteiger partial charge in [0.1, 0.15) is 0 Å². The third-order valence-electron chi connectivity index (χ3n) is 2.33. The highest BCUT2D eigenvalue weighted by Gasteiger charge is 2.04. The molecule has 0 aliphatic rings. The van der Waals surface area contributed by atoms with Gasteiger partial charge in [-0.1, -0.05) is 23.7 Å². The first kappa shape index (κ1) is 13.0. The lowest BCUT2D eigenvalue weighted by molar-refractivity contribution is -0.137. The number of carboxylic acid groups (broad SMARTS) is 1. The van der Waals surface area contributed by atoms with Gasteiger partial charge in [-0.2, -0.15) is 0 Å². The van der Waals surface area contributed by atoms with Crippen molar-refractivity contribution in [3.05, 3.63) is 34.9 Å². The van der Waals surface area contributed by atoms with Crippen molar-refractivity contribution in [2.45, 2.75) is 32.4 Å². The minimum Gasteiger partial charge on any atom is -0.481 e. The summed E-state index contributed by atoms with van der Waals surface area (Å²) in [7, 11) is 0. The second kappa shape index (κ2) is 6.51. The van der Waals surface area contributed by atoms with Crippen LogP contribution in [0.2, 0.25) is 5.02 Å². The van der Waals surface area contributed by atoms with Crippen molar-refractivity contribution in [3.8, 4) is 0 Å². The van der Waals surface area contributed by atoms with Crippen LogP contribution in [-0.4, -0.2) is 17.1 Å². The molecule has 0 heterocycles. The van der Waals surface area contributed by atoms with E-state index in [1.807, 2.05) is 31.2 Å². The van der Waals surface area contributed by atoms with Crippen LogP contribution < -0.4 is 5.32 Å². The Morgan fingerprint density at radius 1 is 1.56 bits per heavy atom. The van der Waals surface area contributed by atoms with Gasteiger partial charge in [-0.25, -0.2) is 0 Å². The zero-order valence-electron chi connectivity index (χ0n) is 9.24. The second-order valence-corrected chi connectivity index (χ2v) is 4.28. The molecule has 0 saturated heterocycles. The molecule has 4 heteroatoms. The number of carboxylic acids is 1. The molecule has 0 aromatic heterocycles. The molecule has 0 saturated carbocycles. The molecule has 1 rings (SSSR count). The number of aliphatic carboxylic acids is 1. The maximum absolute atomic E-state index is 10.4. The summed E-state index contributed by atoms with van der Waals surface area (Å²) in [5, 5.41) is 12.5. The average molecular weight is 242 g/mol. The molecule has 16 heavy (non-hydrogen) atoms. The van der Waals surface area contributed by atoms with E-state index in [0.29, 0.717) is 13.0 Å². The number of rotatable bonds is 6. The van der Waals surface area contributed by atoms with Gasteiger partial charge in [0.05, 0.1) is 0 Å². The Bertz CT molecular complexity index is 355. The number of carbonyl (C=O) groups is 1. The summed E-state index contributed by atoms with van der Waals surface area (Å²) in [4.78, 5) is 10.4. The topological polar surface area (TPSA) is 49.3 Å². The Morgan fingerprint density at radius 3 is 2.94 bits per heavy atom. The van der Waals surface area contributed by atoms with Gasteiger partial charge in [0.2, 0.25) is 0 Å². The highest BCUT2D eigenvalue weighted by Crippen LogP contribution is 2.10. The zero-order valence-corrected chi connectivity index (χ0v) is 10.00. The molecule has 1 aromatic rings. The number of hydrogen-bond donors (Lipinski definition) is 2. The van der Waals surface area contributed by atoms with Crippen molar-refractivity contribution < 1.29 is 9.90 Å². The van der Waals surface area contributed by atoms with Crippen LogP contribution in [0.5, 0.6) is 0 Å². The Balaban J connectivity index is 2.31. The Hall–Kier alpha value is -1.06. The second-order valence-electron chi connectivity index (χ2n) is 3.84. The maximum Gasteiger partial charge on any atom is 0.303 e. The van der Waals surface area contributed by atoms with Gasteiger partial charge in [0.15, 0.2) is 0 Å². The van der Waals surface area contributed by atoms with Crippen LogP contribution in [0.15, 0.2) is 24.3 Å². The van der Waals surface area contributed by atoms with Gasteiger partial charge in [0.25, 0.3) is 0 Å². The summed E-state index contributed by atoms with van der Waals surface area (Å²) in [5.74, 6) is -0.753. The van der Waals surface area contributed by atoms with E-state index in [1.165, 1.54) is 0 Å². The summed E-state index contributed by atoms with van der Waals surface area (Å²) in [6.07, 6.45) is 0.833. The van der Waals surface area contributed by atoms with E-state index in [2.05, 4.69) is 5.32 Å². The van der Waals surface area contributed by atoms with Gasteiger partial charge >= 0.3 is 5.97 Å². The normalized spacial score (nSPS) is 12.4. The maximum atomic E-state index is 10.4. The average Bonchev–Trinajstić information content (AvgIpc) is 2.23. The first-order chi connectivity index (χ1) is 7.58. The number of nitrogens with one attached hydrogen (secondary N) is 1. The number of halogens is 1. The van der Waals surface area contributed by atoms with Gasteiger partial charge in [-0.3, -0.25) is 4.79 Å². The van der Waals surface area contributed by atoms with Gasteiger partial charge < -0.3 is 10.4 Å². The Morgan fingerprint density at radius 2 is 2.31 bits per heavy atom. The molecule has 1 aromatic carbocycles. The molecular formula is C12H16ClNO2. The van der Waals surface area contributed by atoms with Crippen molar-refractivity contribution in [1.82, 2.24) is 5.32 Å². The van der Waals surface area contributed by atoms with E-state index >= 15 is 0 Å². The molecule has 3 nitrogen and oxygen atoms in total. The standard InChI is InChI=1S/C12H16ClNO2/c1-9(5-6-12(15)16)14-8-10-3-2-4-11(13)7-10/h2-4,7,9,14H,5-6,8H2,1H3,(H,15,16). The monoisotopic (exact) mass is 241 g/mol. The molecular weight excluding hydrogens is 226 g/mol. The molecule has 0 aliphatic carbocycles. The molecule has 1 atom stereocenters. The summed E-state index contributed by atoms with van der Waals surface area (Å²) in [6, 6.07) is 7.82. The molecule has 2 N–H and O–H groups in total. The third kappa shape index (κ3) is 5.14. The largest absolute Gasteiger partial charge is 0.481 e. The fourth-order valence-electron chi connectivity index (χ4n) is 1.38. The Labute approximate surface area is 100 Å². The molecule has 0 amide bonds. The highest BCUT2D eigenvalue weighted by atomic mass is 35.5. The molecule has 88 valence electrons. The minimum atomic E-state index is -0.753. The third-order valence-corrected chi connectivity index (χ3v) is 2.57. The van der Waals surface area contributed by atoms with E-state index in [9.17, 15) is 4.79 Å². The van der Waals surface area contributed by atoms with E-state index < -0.39 is 5.97 Å². The van der Waals surface area contributed by atoms with Gasteiger partial charge in [-0.15, -0.1) is 0 Å². The van der Waals surface area contributed by atoms with E-state index in [-0.39, 0.29) is 12.5 Å². The highest BCUT2D eigenvalue weighted by molar-refractivity contribution is 6.30. The lowest BCUT2D eigenvalue weighted by Crippen LogP contribution is -2.26. The van der Waals surface area contributed by atoms with Crippen LogP contribution in [0.4, 0.5) is 0 Å². The molecule has 0 bridgehead atoms. The lowest BCUT2D eigenvalue weighted by Gasteiger charge is -2.12. The molecule has 1 unspecified atom stereocenters. The minimum absolute atomic E-state index is 0.190. The molecule has 0 aliphatic heterocycles. The van der Waals surface area contributed by atoms with Gasteiger partial charge in [0, 0.05) is 24.0 Å². The lowest BCUT2D eigenvalue weighted by atomic mass is 10.1. The van der Waals surface area contributed by atoms with E-state index in [1.54, 1.807) is 0 Å². The van der Waals surface area contributed by atoms with Crippen LogP contribution in [0, 0.1) is 0 Å². The predicted octanol–water partition coefficient (Wildman–Crippen LogP) is 2.68. The number of benzene rings is 1. The fraction of sp³-hybridized carbons (Fsp3) is 0.417. The Kier molecular flexibility index (Phi) is 5.29. The van der Waals surface area contributed by atoms with E-state index in [4.69, 9.17) is 16.7 Å². The van der Waals surface area contributed by atoms with Gasteiger partial charge in [-0.05, 0) is 31.0 Å². The number of hydrogen-bond acceptors (Lipinski definition) is 2. The smallest absolute Gasteiger partial charge is 0.303 e. The summed E-state index contributed by atoms with van der Waals surface area (Å²) >= 11 is 5.86. The van der Waals surface area contributed by atoms with Crippen molar-refractivity contribution in [1.29, 1.82) is 0 Å². The summed E-state index contributed by atoms with van der Waals surface area (Å²) in [6.45, 7) is 2.69. The molecule has 0 spiro atoms. The fourth-order valence-corrected chi connectivity index (χ4v) is 1.59. The van der Waals surface area contributed by atoms with Crippen LogP contribution in [0.3, 0.4) is 0 Å². The van der Waals surface area contributed by atoms with Crippen molar-refractivity contribution in [2.24, 2.45) is 0 Å².